The molecular formula is C34H59NOSi2. The van der Waals surface area contributed by atoms with Crippen LogP contribution in [-0.2, 0) is 6.42 Å². The molecule has 0 spiro atoms. The van der Waals surface area contributed by atoms with Gasteiger partial charge in [-0.05, 0) is 37.0 Å². The van der Waals surface area contributed by atoms with E-state index >= 15 is 0 Å². The predicted molar refractivity (Wildman–Crippen MR) is 175 cm³/mol. The van der Waals surface area contributed by atoms with Gasteiger partial charge in [0.05, 0.1) is 18.5 Å². The van der Waals surface area contributed by atoms with Gasteiger partial charge in [0.1, 0.15) is 5.75 Å². The SMILES string of the molecule is CCCCCCCCc1ccc(-c2ccc(OCCCCCCCC[Si](C)(C)CC[Si](C)(C)C)cn2)cc1. The third-order valence-corrected chi connectivity index (χ3v) is 13.4. The van der Waals surface area contributed by atoms with Crippen LogP contribution in [0, 0.1) is 0 Å². The van der Waals surface area contributed by atoms with Gasteiger partial charge >= 0.3 is 0 Å². The molecule has 2 aromatic rings. The number of aryl methyl sites for hydroxylation is 1. The quantitative estimate of drug-likeness (QED) is 0.113. The first-order valence-electron chi connectivity index (χ1n) is 15.9. The number of hydrogen-bond donors (Lipinski definition) is 0. The van der Waals surface area contributed by atoms with Crippen LogP contribution < -0.4 is 4.74 Å². The first-order chi connectivity index (χ1) is 18.2. The summed E-state index contributed by atoms with van der Waals surface area (Å²) in [5.74, 6) is 0.888. The van der Waals surface area contributed by atoms with Crippen molar-refractivity contribution in [2.75, 3.05) is 6.61 Å². The molecule has 0 saturated carbocycles. The Balaban J connectivity index is 1.55. The molecule has 38 heavy (non-hydrogen) atoms. The topological polar surface area (TPSA) is 22.1 Å². The summed E-state index contributed by atoms with van der Waals surface area (Å²) in [4.78, 5) is 4.66. The first-order valence-corrected chi connectivity index (χ1v) is 23.0. The third-order valence-electron chi connectivity index (χ3n) is 7.87. The number of benzene rings is 1. The van der Waals surface area contributed by atoms with Gasteiger partial charge in [-0.1, -0.05) is 146 Å². The van der Waals surface area contributed by atoms with Crippen LogP contribution in [0.15, 0.2) is 42.6 Å². The Hall–Kier alpha value is -1.40. The van der Waals surface area contributed by atoms with E-state index < -0.39 is 16.1 Å². The molecule has 0 saturated heterocycles. The second kappa shape index (κ2) is 18.0. The molecule has 0 unspecified atom stereocenters. The van der Waals surface area contributed by atoms with Crippen molar-refractivity contribution in [3.8, 4) is 17.0 Å². The molecule has 214 valence electrons. The van der Waals surface area contributed by atoms with E-state index in [2.05, 4.69) is 81.0 Å². The van der Waals surface area contributed by atoms with E-state index in [1.54, 1.807) is 6.04 Å². The zero-order valence-corrected chi connectivity index (χ0v) is 27.9. The van der Waals surface area contributed by atoms with E-state index in [0.29, 0.717) is 0 Å². The van der Waals surface area contributed by atoms with E-state index in [-0.39, 0.29) is 0 Å². The lowest BCUT2D eigenvalue weighted by Crippen LogP contribution is -2.30. The minimum absolute atomic E-state index is 0.796. The van der Waals surface area contributed by atoms with Crippen LogP contribution in [-0.4, -0.2) is 27.7 Å². The summed E-state index contributed by atoms with van der Waals surface area (Å²) in [6.45, 7) is 15.8. The van der Waals surface area contributed by atoms with Crippen LogP contribution in [0.1, 0.15) is 89.5 Å². The Labute approximate surface area is 238 Å². The lowest BCUT2D eigenvalue weighted by atomic mass is 10.0. The minimum Gasteiger partial charge on any atom is -0.492 e. The second-order valence-electron chi connectivity index (χ2n) is 13.5. The van der Waals surface area contributed by atoms with Gasteiger partial charge in [0, 0.05) is 21.7 Å². The largest absolute Gasteiger partial charge is 0.492 e. The summed E-state index contributed by atoms with van der Waals surface area (Å²) < 4.78 is 5.97. The van der Waals surface area contributed by atoms with E-state index in [1.807, 2.05) is 6.20 Å². The smallest absolute Gasteiger partial charge is 0.137 e. The summed E-state index contributed by atoms with van der Waals surface area (Å²) in [5, 5.41) is 0. The van der Waals surface area contributed by atoms with Crippen molar-refractivity contribution in [3.63, 3.8) is 0 Å². The Bertz CT molecular complexity index is 856. The molecule has 0 fully saturated rings. The number of rotatable bonds is 21. The first kappa shape index (κ1) is 32.8. The molecular weight excluding hydrogens is 495 g/mol. The standard InChI is InChI=1S/C34H59NOSi2/c1-7-8-9-10-13-16-19-31-20-22-32(23-21-31)34-25-24-33(30-35-34)36-26-17-14-11-12-15-18-27-38(5,6)29-28-37(2,3)4/h20-25,30H,7-19,26-29H2,1-6H3. The maximum atomic E-state index is 5.97. The number of unbranched alkanes of at least 4 members (excludes halogenated alkanes) is 10. The maximum absolute atomic E-state index is 5.97. The maximum Gasteiger partial charge on any atom is 0.137 e. The zero-order chi connectivity index (χ0) is 27.7. The summed E-state index contributed by atoms with van der Waals surface area (Å²) in [6.07, 6.45) is 19.2. The monoisotopic (exact) mass is 553 g/mol. The lowest BCUT2D eigenvalue weighted by Gasteiger charge is -2.26. The summed E-state index contributed by atoms with van der Waals surface area (Å²) in [7, 11) is -1.84. The molecule has 0 atom stereocenters. The number of pyridine rings is 1. The molecule has 1 heterocycles. The highest BCUT2D eigenvalue weighted by atomic mass is 28.3. The van der Waals surface area contributed by atoms with E-state index in [9.17, 15) is 0 Å². The Kier molecular flexibility index (Phi) is 15.6. The normalized spacial score (nSPS) is 12.2. The molecule has 0 bridgehead atoms. The van der Waals surface area contributed by atoms with Crippen molar-refractivity contribution >= 4 is 16.1 Å². The van der Waals surface area contributed by atoms with Crippen molar-refractivity contribution in [2.45, 2.75) is 141 Å². The van der Waals surface area contributed by atoms with E-state index in [1.165, 1.54) is 100 Å². The molecule has 0 aliphatic heterocycles. The summed E-state index contributed by atoms with van der Waals surface area (Å²) in [5.41, 5.74) is 3.65. The number of ether oxygens (including phenoxy) is 1. The Morgan fingerprint density at radius 3 is 1.89 bits per heavy atom. The van der Waals surface area contributed by atoms with Gasteiger partial charge in [-0.25, -0.2) is 0 Å². The highest BCUT2D eigenvalue weighted by Crippen LogP contribution is 2.26. The average Bonchev–Trinajstić information content (AvgIpc) is 2.89. The van der Waals surface area contributed by atoms with Crippen LogP contribution in [0.2, 0.25) is 50.9 Å². The predicted octanol–water partition coefficient (Wildman–Crippen LogP) is 11.4. The number of hydrogen-bond acceptors (Lipinski definition) is 2. The van der Waals surface area contributed by atoms with Gasteiger partial charge < -0.3 is 4.74 Å². The number of aromatic nitrogens is 1. The molecule has 0 amide bonds. The number of nitrogens with zero attached hydrogens (tertiary/aromatic N) is 1. The fourth-order valence-corrected chi connectivity index (χ4v) is 12.2. The van der Waals surface area contributed by atoms with Gasteiger partial charge in [-0.2, -0.15) is 0 Å². The van der Waals surface area contributed by atoms with Crippen molar-refractivity contribution in [3.05, 3.63) is 48.2 Å². The summed E-state index contributed by atoms with van der Waals surface area (Å²) >= 11 is 0. The molecule has 2 nitrogen and oxygen atoms in total. The molecule has 1 aromatic carbocycles. The van der Waals surface area contributed by atoms with Crippen LogP contribution in [0.3, 0.4) is 0 Å². The second-order valence-corrected chi connectivity index (χ2v) is 24.5. The minimum atomic E-state index is -0.962. The fraction of sp³-hybridized carbons (Fsp3) is 0.676. The van der Waals surface area contributed by atoms with Gasteiger partial charge in [-0.15, -0.1) is 0 Å². The van der Waals surface area contributed by atoms with Gasteiger partial charge in [-0.3, -0.25) is 4.98 Å². The summed E-state index contributed by atoms with van der Waals surface area (Å²) in [6, 6.07) is 17.7. The van der Waals surface area contributed by atoms with Gasteiger partial charge in [0.2, 0.25) is 0 Å². The van der Waals surface area contributed by atoms with Gasteiger partial charge in [0.25, 0.3) is 0 Å². The Morgan fingerprint density at radius 2 is 1.26 bits per heavy atom. The highest BCUT2D eigenvalue weighted by molar-refractivity contribution is 6.82. The molecule has 0 aliphatic carbocycles. The van der Waals surface area contributed by atoms with Crippen molar-refractivity contribution < 1.29 is 4.74 Å². The third kappa shape index (κ3) is 15.3. The van der Waals surface area contributed by atoms with Crippen molar-refractivity contribution in [2.24, 2.45) is 0 Å². The van der Waals surface area contributed by atoms with Crippen LogP contribution >= 0.6 is 0 Å². The van der Waals surface area contributed by atoms with Crippen molar-refractivity contribution in [1.29, 1.82) is 0 Å². The fourth-order valence-electron chi connectivity index (χ4n) is 5.03. The highest BCUT2D eigenvalue weighted by Gasteiger charge is 2.23. The molecule has 0 aliphatic rings. The zero-order valence-electron chi connectivity index (χ0n) is 25.9. The van der Waals surface area contributed by atoms with Crippen LogP contribution in [0.25, 0.3) is 11.3 Å². The van der Waals surface area contributed by atoms with E-state index in [4.69, 9.17) is 4.74 Å². The lowest BCUT2D eigenvalue weighted by molar-refractivity contribution is 0.303. The van der Waals surface area contributed by atoms with Crippen molar-refractivity contribution in [1.82, 2.24) is 4.98 Å². The van der Waals surface area contributed by atoms with Crippen LogP contribution in [0.4, 0.5) is 0 Å². The van der Waals surface area contributed by atoms with Crippen LogP contribution in [0.5, 0.6) is 5.75 Å². The average molecular weight is 554 g/mol. The molecule has 1 aromatic heterocycles. The molecule has 0 radical (unpaired) electrons. The molecule has 0 N–H and O–H groups in total. The molecule has 2 rings (SSSR count). The van der Waals surface area contributed by atoms with E-state index in [0.717, 1.165) is 24.5 Å². The van der Waals surface area contributed by atoms with Gasteiger partial charge in [0.15, 0.2) is 0 Å². The Morgan fingerprint density at radius 1 is 0.632 bits per heavy atom. The molecule has 4 heteroatoms.